The number of hydrogen-bond donors (Lipinski definition) is 6. The van der Waals surface area contributed by atoms with Crippen LogP contribution >= 0.6 is 0 Å². The number of aliphatic hydroxyl groups is 3. The van der Waals surface area contributed by atoms with Gasteiger partial charge < -0.3 is 40.8 Å². The fourth-order valence-electron chi connectivity index (χ4n) is 4.57. The number of benzene rings is 2. The van der Waals surface area contributed by atoms with Crippen molar-refractivity contribution in [3.63, 3.8) is 0 Å². The number of aliphatic hydroxyl groups excluding tert-OH is 3. The fraction of sp³-hybridized carbons (Fsp3) is 0.333. The van der Waals surface area contributed by atoms with E-state index in [0.29, 0.717) is 5.56 Å². The Morgan fingerprint density at radius 3 is 2.41 bits per heavy atom. The van der Waals surface area contributed by atoms with Crippen molar-refractivity contribution in [2.24, 2.45) is 5.73 Å². The van der Waals surface area contributed by atoms with Gasteiger partial charge in [-0.15, -0.1) is 5.10 Å². The molecule has 1 aliphatic heterocycles. The number of ether oxygens (including phenoxy) is 1. The first-order chi connectivity index (χ1) is 22.1. The highest BCUT2D eigenvalue weighted by atomic mass is 16.6. The van der Waals surface area contributed by atoms with E-state index < -0.39 is 43.0 Å². The largest absolute Gasteiger partial charge is 0.478 e. The lowest BCUT2D eigenvalue weighted by Gasteiger charge is -2.13. The monoisotopic (exact) mass is 635 g/mol. The first-order valence-corrected chi connectivity index (χ1v) is 14.2. The number of amides is 1. The van der Waals surface area contributed by atoms with Gasteiger partial charge in [0.15, 0.2) is 6.23 Å². The van der Waals surface area contributed by atoms with E-state index in [4.69, 9.17) is 20.7 Å². The van der Waals surface area contributed by atoms with Gasteiger partial charge in [0, 0.05) is 23.6 Å². The van der Waals surface area contributed by atoms with Crippen LogP contribution < -0.4 is 5.73 Å². The summed E-state index contributed by atoms with van der Waals surface area (Å²) in [6, 6.07) is 14.8. The number of carbonyl (C=O) groups excluding carboxylic acids is 1. The minimum Gasteiger partial charge on any atom is -0.478 e. The van der Waals surface area contributed by atoms with Gasteiger partial charge in [0.2, 0.25) is 5.82 Å². The summed E-state index contributed by atoms with van der Waals surface area (Å²) in [7, 11) is 4.20. The number of primary amides is 1. The Balaban J connectivity index is 0.000000168. The summed E-state index contributed by atoms with van der Waals surface area (Å²) in [5.74, 6) is -1.91. The number of aromatic nitrogens is 7. The molecule has 0 saturated carbocycles. The van der Waals surface area contributed by atoms with Crippen molar-refractivity contribution in [2.75, 3.05) is 27.2 Å². The summed E-state index contributed by atoms with van der Waals surface area (Å²) in [5, 5.41) is 45.6. The Labute approximate surface area is 263 Å². The Morgan fingerprint density at radius 2 is 1.85 bits per heavy atom. The van der Waals surface area contributed by atoms with E-state index >= 15 is 0 Å². The predicted octanol–water partition coefficient (Wildman–Crippen LogP) is 0.285. The molecule has 4 atom stereocenters. The molecule has 1 saturated heterocycles. The number of nitrogens with two attached hydrogens (primary N) is 1. The van der Waals surface area contributed by atoms with Gasteiger partial charge in [-0.05, 0) is 55.9 Å². The smallest absolute Gasteiger partial charge is 0.335 e. The quantitative estimate of drug-likeness (QED) is 0.128. The van der Waals surface area contributed by atoms with Gasteiger partial charge in [0.25, 0.3) is 5.91 Å². The molecule has 5 aromatic rings. The molecule has 0 bridgehead atoms. The standard InChI is InChI=1S/C15H19N5.C8H12N4O5.C7H6O2/c1-19(2)6-5-13-8-17-15-4-3-12(7-14(13)15)9-20-11-16-10-18-20;9-6(16)7-10-2-12(11-7)8-5(15)4(14)3(1-13)17-8;8-7(9)6-4-2-1-3-5-6/h3-4,7-8,10-11,17H,5-6,9H2,1-2H3;2-5,8,13-15H,1H2,(H2,9,16);1-5H,(H,8,9)/t;3-,4-,5-,8-;/m.1./s1. The highest BCUT2D eigenvalue weighted by Crippen LogP contribution is 2.28. The average Bonchev–Trinajstić information content (AvgIpc) is 3.86. The van der Waals surface area contributed by atoms with Crippen LogP contribution in [0.2, 0.25) is 0 Å². The van der Waals surface area contributed by atoms with Gasteiger partial charge in [-0.25, -0.2) is 24.1 Å². The normalized spacial score (nSPS) is 18.9. The number of carboxylic acids is 1. The number of aromatic amines is 1. The number of H-pyrrole nitrogens is 1. The van der Waals surface area contributed by atoms with Crippen molar-refractivity contribution in [1.29, 1.82) is 0 Å². The van der Waals surface area contributed by atoms with Crippen LogP contribution in [0.25, 0.3) is 10.9 Å². The molecule has 6 rings (SSSR count). The molecule has 3 aromatic heterocycles. The van der Waals surface area contributed by atoms with E-state index in [1.165, 1.54) is 22.0 Å². The van der Waals surface area contributed by atoms with Crippen molar-refractivity contribution in [3.8, 4) is 0 Å². The molecular weight excluding hydrogens is 598 g/mol. The first-order valence-electron chi connectivity index (χ1n) is 14.2. The summed E-state index contributed by atoms with van der Waals surface area (Å²) < 4.78 is 8.09. The summed E-state index contributed by atoms with van der Waals surface area (Å²) in [5.41, 5.74) is 9.11. The Kier molecular flexibility index (Phi) is 11.7. The van der Waals surface area contributed by atoms with Gasteiger partial charge >= 0.3 is 5.97 Å². The van der Waals surface area contributed by atoms with E-state index in [1.54, 1.807) is 43.0 Å². The lowest BCUT2D eigenvalue weighted by atomic mass is 10.1. The third kappa shape index (κ3) is 8.80. The lowest BCUT2D eigenvalue weighted by Crippen LogP contribution is -2.33. The van der Waals surface area contributed by atoms with E-state index in [-0.39, 0.29) is 5.82 Å². The van der Waals surface area contributed by atoms with E-state index in [9.17, 15) is 19.8 Å². The minimum atomic E-state index is -1.27. The maximum atomic E-state index is 10.8. The maximum absolute atomic E-state index is 10.8. The molecule has 2 aromatic carbocycles. The second-order valence-corrected chi connectivity index (χ2v) is 10.7. The number of likely N-dealkylation sites (N-methyl/N-ethyl adjacent to an activating group) is 1. The van der Waals surface area contributed by atoms with Gasteiger partial charge in [-0.2, -0.15) is 5.10 Å². The molecule has 16 nitrogen and oxygen atoms in total. The first kappa shape index (κ1) is 33.9. The number of rotatable bonds is 9. The zero-order valence-electron chi connectivity index (χ0n) is 25.3. The Morgan fingerprint density at radius 1 is 1.09 bits per heavy atom. The van der Waals surface area contributed by atoms with Crippen molar-refractivity contribution in [2.45, 2.75) is 37.5 Å². The number of hydrogen-bond acceptors (Lipinski definition) is 11. The zero-order chi connectivity index (χ0) is 33.2. The number of nitrogens with zero attached hydrogens (tertiary/aromatic N) is 7. The van der Waals surface area contributed by atoms with E-state index in [0.717, 1.165) is 30.5 Å². The van der Waals surface area contributed by atoms with Crippen LogP contribution in [0.1, 0.15) is 38.3 Å². The number of nitrogens with one attached hydrogen (secondary N) is 1. The fourth-order valence-corrected chi connectivity index (χ4v) is 4.57. The molecule has 46 heavy (non-hydrogen) atoms. The predicted molar refractivity (Wildman–Crippen MR) is 165 cm³/mol. The molecule has 4 heterocycles. The number of fused-ring (bicyclic) bond motifs is 1. The summed E-state index contributed by atoms with van der Waals surface area (Å²) in [4.78, 5) is 34.1. The topological polar surface area (TPSA) is 231 Å². The second kappa shape index (κ2) is 15.8. The van der Waals surface area contributed by atoms with Crippen LogP contribution in [0.5, 0.6) is 0 Å². The molecule has 0 radical (unpaired) electrons. The molecule has 1 amide bonds. The van der Waals surface area contributed by atoms with Crippen LogP contribution in [-0.4, -0.2) is 117 Å². The third-order valence-electron chi connectivity index (χ3n) is 7.00. The number of aromatic carboxylic acids is 1. The van der Waals surface area contributed by atoms with Gasteiger partial charge in [0.1, 0.15) is 37.3 Å². The van der Waals surface area contributed by atoms with Crippen LogP contribution in [0.3, 0.4) is 0 Å². The van der Waals surface area contributed by atoms with E-state index in [2.05, 4.69) is 68.5 Å². The molecule has 0 aliphatic carbocycles. The molecule has 1 aliphatic rings. The molecule has 1 fully saturated rings. The van der Waals surface area contributed by atoms with Gasteiger partial charge in [0.05, 0.1) is 18.7 Å². The molecule has 0 spiro atoms. The SMILES string of the molecule is CN(C)CCc1c[nH]c2ccc(Cn3cncn3)cc12.NC(=O)c1ncn([C@@H]2O[C@H](CO)[C@@H](O)[C@H]2O)n1.O=C(O)c1ccccc1. The van der Waals surface area contributed by atoms with Crippen LogP contribution in [0, 0.1) is 0 Å². The summed E-state index contributed by atoms with van der Waals surface area (Å²) >= 11 is 0. The van der Waals surface area contributed by atoms with Crippen LogP contribution in [0.15, 0.2) is 73.7 Å². The van der Waals surface area contributed by atoms with Crippen molar-refractivity contribution in [3.05, 3.63) is 96.2 Å². The minimum absolute atomic E-state index is 0.220. The summed E-state index contributed by atoms with van der Waals surface area (Å²) in [6.45, 7) is 1.38. The zero-order valence-corrected chi connectivity index (χ0v) is 25.3. The van der Waals surface area contributed by atoms with Gasteiger partial charge in [-0.1, -0.05) is 24.3 Å². The molecular formula is C30H37N9O7. The van der Waals surface area contributed by atoms with Crippen LogP contribution in [0.4, 0.5) is 0 Å². The highest BCUT2D eigenvalue weighted by molar-refractivity contribution is 5.88. The number of carbonyl (C=O) groups is 2. The Bertz CT molecular complexity index is 1690. The van der Waals surface area contributed by atoms with Crippen molar-refractivity contribution in [1.82, 2.24) is 39.4 Å². The van der Waals surface area contributed by atoms with Crippen molar-refractivity contribution < 1.29 is 34.8 Å². The highest BCUT2D eigenvalue weighted by Gasteiger charge is 2.44. The van der Waals surface area contributed by atoms with Gasteiger partial charge in [-0.3, -0.25) is 4.79 Å². The van der Waals surface area contributed by atoms with Crippen LogP contribution in [-0.2, 0) is 17.7 Å². The lowest BCUT2D eigenvalue weighted by molar-refractivity contribution is -0.0588. The molecule has 7 N–H and O–H groups in total. The summed E-state index contributed by atoms with van der Waals surface area (Å²) in [6.07, 6.45) is 3.22. The maximum Gasteiger partial charge on any atom is 0.335 e. The Hall–Kier alpha value is -5.00. The molecule has 0 unspecified atom stereocenters. The second-order valence-electron chi connectivity index (χ2n) is 10.7. The average molecular weight is 636 g/mol. The third-order valence-corrected chi connectivity index (χ3v) is 7.00. The van der Waals surface area contributed by atoms with Crippen molar-refractivity contribution >= 4 is 22.8 Å². The molecule has 16 heteroatoms. The molecule has 244 valence electrons. The number of carboxylic acid groups (broad SMARTS) is 1. The van der Waals surface area contributed by atoms with E-state index in [1.807, 2.05) is 4.68 Å².